The summed E-state index contributed by atoms with van der Waals surface area (Å²) in [7, 11) is -0.993. The number of carbonyl (C=O) groups is 1. The first-order valence-corrected chi connectivity index (χ1v) is 9.50. The van der Waals surface area contributed by atoms with Gasteiger partial charge in [-0.25, -0.2) is 13.1 Å². The Morgan fingerprint density at radius 2 is 1.73 bits per heavy atom. The quantitative estimate of drug-likeness (QED) is 0.871. The first kappa shape index (κ1) is 18.0. The molecule has 0 bridgehead atoms. The van der Waals surface area contributed by atoms with Crippen molar-refractivity contribution < 1.29 is 22.7 Å². The lowest BCUT2D eigenvalue weighted by Gasteiger charge is -2.17. The van der Waals surface area contributed by atoms with Crippen LogP contribution in [0.4, 0.5) is 0 Å². The van der Waals surface area contributed by atoms with Crippen LogP contribution in [0.15, 0.2) is 47.4 Å². The number of allylic oxidation sites excluding steroid dienone is 1. The first-order chi connectivity index (χ1) is 12.4. The Morgan fingerprint density at radius 1 is 1.00 bits per heavy atom. The standard InChI is InChI=1S/C19H19NO5S/c1-24-17-10-8-15(12-18(17)25-2)19(21)20-26(22,23)16-9-7-13-5-3-4-6-14(13)11-16/h3-6,8,10-12H,7,9H2,1-2H3,(H,20,21). The smallest absolute Gasteiger partial charge is 0.265 e. The molecule has 2 aromatic rings. The summed E-state index contributed by atoms with van der Waals surface area (Å²) in [6, 6.07) is 12.1. The van der Waals surface area contributed by atoms with Gasteiger partial charge in [0.1, 0.15) is 0 Å². The number of aryl methyl sites for hydroxylation is 1. The number of benzene rings is 2. The summed E-state index contributed by atoms with van der Waals surface area (Å²) in [5, 5.41) is 0. The third-order valence-corrected chi connectivity index (χ3v) is 5.70. The van der Waals surface area contributed by atoms with Gasteiger partial charge in [-0.15, -0.1) is 0 Å². The molecule has 0 aliphatic heterocycles. The minimum Gasteiger partial charge on any atom is -0.493 e. The fourth-order valence-corrected chi connectivity index (χ4v) is 3.99. The molecule has 136 valence electrons. The summed E-state index contributed by atoms with van der Waals surface area (Å²) >= 11 is 0. The van der Waals surface area contributed by atoms with Crippen molar-refractivity contribution in [3.63, 3.8) is 0 Å². The molecule has 26 heavy (non-hydrogen) atoms. The van der Waals surface area contributed by atoms with E-state index in [0.29, 0.717) is 24.3 Å². The predicted octanol–water partition coefficient (Wildman–Crippen LogP) is 2.75. The molecule has 0 radical (unpaired) electrons. The summed E-state index contributed by atoms with van der Waals surface area (Å²) in [5.41, 5.74) is 2.12. The number of fused-ring (bicyclic) bond motifs is 1. The SMILES string of the molecule is COc1ccc(C(=O)NS(=O)(=O)C2=Cc3ccccc3CC2)cc1OC. The highest BCUT2D eigenvalue weighted by Crippen LogP contribution is 2.29. The highest BCUT2D eigenvalue weighted by atomic mass is 32.2. The Bertz CT molecular complexity index is 979. The fourth-order valence-electron chi connectivity index (χ4n) is 2.84. The van der Waals surface area contributed by atoms with E-state index in [1.54, 1.807) is 12.1 Å². The van der Waals surface area contributed by atoms with E-state index in [9.17, 15) is 13.2 Å². The zero-order valence-corrected chi connectivity index (χ0v) is 15.3. The molecule has 3 rings (SSSR count). The number of hydrogen-bond acceptors (Lipinski definition) is 5. The van der Waals surface area contributed by atoms with E-state index >= 15 is 0 Å². The predicted molar refractivity (Wildman–Crippen MR) is 98.7 cm³/mol. The Balaban J connectivity index is 1.84. The van der Waals surface area contributed by atoms with Crippen molar-refractivity contribution in [3.05, 3.63) is 64.1 Å². The molecule has 7 heteroatoms. The number of nitrogens with one attached hydrogen (secondary N) is 1. The Morgan fingerprint density at radius 3 is 2.46 bits per heavy atom. The number of rotatable bonds is 5. The van der Waals surface area contributed by atoms with E-state index < -0.39 is 15.9 Å². The van der Waals surface area contributed by atoms with Crippen molar-refractivity contribution in [1.82, 2.24) is 4.72 Å². The topological polar surface area (TPSA) is 81.7 Å². The van der Waals surface area contributed by atoms with Crippen molar-refractivity contribution in [2.24, 2.45) is 0 Å². The first-order valence-electron chi connectivity index (χ1n) is 8.02. The zero-order chi connectivity index (χ0) is 18.7. The molecule has 0 spiro atoms. The summed E-state index contributed by atoms with van der Waals surface area (Å²) in [5.74, 6) is 0.0903. The number of sulfonamides is 1. The van der Waals surface area contributed by atoms with Crippen molar-refractivity contribution in [1.29, 1.82) is 0 Å². The molecule has 0 saturated carbocycles. The summed E-state index contributed by atoms with van der Waals surface area (Å²) < 4.78 is 37.6. The normalized spacial score (nSPS) is 13.4. The molecule has 0 saturated heterocycles. The average molecular weight is 373 g/mol. The summed E-state index contributed by atoms with van der Waals surface area (Å²) in [6.45, 7) is 0. The van der Waals surface area contributed by atoms with Gasteiger partial charge in [-0.05, 0) is 48.2 Å². The van der Waals surface area contributed by atoms with E-state index in [4.69, 9.17) is 9.47 Å². The number of amides is 1. The van der Waals surface area contributed by atoms with Crippen LogP contribution < -0.4 is 14.2 Å². The van der Waals surface area contributed by atoms with Gasteiger partial charge in [0.05, 0.1) is 19.1 Å². The molecular weight excluding hydrogens is 354 g/mol. The van der Waals surface area contributed by atoms with Crippen LogP contribution in [0.3, 0.4) is 0 Å². The molecule has 0 heterocycles. The van der Waals surface area contributed by atoms with Crippen LogP contribution in [0.2, 0.25) is 0 Å². The van der Waals surface area contributed by atoms with Crippen LogP contribution in [-0.4, -0.2) is 28.5 Å². The lowest BCUT2D eigenvalue weighted by Crippen LogP contribution is -2.32. The van der Waals surface area contributed by atoms with Crippen molar-refractivity contribution in [2.45, 2.75) is 12.8 Å². The zero-order valence-electron chi connectivity index (χ0n) is 14.5. The lowest BCUT2D eigenvalue weighted by molar-refractivity contribution is 0.0981. The monoisotopic (exact) mass is 373 g/mol. The average Bonchev–Trinajstić information content (AvgIpc) is 2.66. The van der Waals surface area contributed by atoms with Crippen molar-refractivity contribution >= 4 is 22.0 Å². The van der Waals surface area contributed by atoms with Gasteiger partial charge in [0.15, 0.2) is 11.5 Å². The number of carbonyl (C=O) groups excluding carboxylic acids is 1. The Hall–Kier alpha value is -2.80. The van der Waals surface area contributed by atoms with Crippen molar-refractivity contribution in [2.75, 3.05) is 14.2 Å². The molecule has 0 atom stereocenters. The maximum absolute atomic E-state index is 12.6. The van der Waals surface area contributed by atoms with Crippen LogP contribution in [-0.2, 0) is 16.4 Å². The lowest BCUT2D eigenvalue weighted by atomic mass is 9.98. The number of ether oxygens (including phenoxy) is 2. The third-order valence-electron chi connectivity index (χ3n) is 4.23. The second kappa shape index (κ2) is 7.21. The molecule has 1 amide bonds. The highest BCUT2D eigenvalue weighted by Gasteiger charge is 2.24. The molecule has 0 fully saturated rings. The van der Waals surface area contributed by atoms with Crippen LogP contribution in [0.25, 0.3) is 6.08 Å². The number of hydrogen-bond donors (Lipinski definition) is 1. The van der Waals surface area contributed by atoms with Gasteiger partial charge in [0.2, 0.25) is 0 Å². The molecule has 0 aromatic heterocycles. The Kier molecular flexibility index (Phi) is 4.99. The third kappa shape index (κ3) is 3.57. The maximum atomic E-state index is 12.6. The molecule has 1 aliphatic carbocycles. The van der Waals surface area contributed by atoms with Crippen LogP contribution in [0.5, 0.6) is 11.5 Å². The largest absolute Gasteiger partial charge is 0.493 e. The molecule has 0 unspecified atom stereocenters. The highest BCUT2D eigenvalue weighted by molar-refractivity contribution is 7.94. The number of methoxy groups -OCH3 is 2. The fraction of sp³-hybridized carbons (Fsp3) is 0.211. The van der Waals surface area contributed by atoms with Gasteiger partial charge in [0, 0.05) is 5.56 Å². The summed E-state index contributed by atoms with van der Waals surface area (Å²) in [4.78, 5) is 12.6. The molecule has 1 aliphatic rings. The van der Waals surface area contributed by atoms with E-state index in [1.165, 1.54) is 26.4 Å². The molecule has 6 nitrogen and oxygen atoms in total. The van der Waals surface area contributed by atoms with Gasteiger partial charge in [-0.1, -0.05) is 24.3 Å². The van der Waals surface area contributed by atoms with E-state index in [0.717, 1.165) is 11.1 Å². The minimum atomic E-state index is -3.92. The van der Waals surface area contributed by atoms with E-state index in [-0.39, 0.29) is 10.5 Å². The van der Waals surface area contributed by atoms with Gasteiger partial charge in [-0.3, -0.25) is 4.79 Å². The Labute approximate surface area is 152 Å². The van der Waals surface area contributed by atoms with Gasteiger partial charge < -0.3 is 9.47 Å². The van der Waals surface area contributed by atoms with Crippen LogP contribution in [0, 0.1) is 0 Å². The van der Waals surface area contributed by atoms with Gasteiger partial charge in [-0.2, -0.15) is 0 Å². The van der Waals surface area contributed by atoms with E-state index in [1.807, 2.05) is 24.3 Å². The van der Waals surface area contributed by atoms with Crippen LogP contribution >= 0.6 is 0 Å². The summed E-state index contributed by atoms with van der Waals surface area (Å²) in [6.07, 6.45) is 2.59. The second-order valence-electron chi connectivity index (χ2n) is 5.81. The molecule has 1 N–H and O–H groups in total. The molecular formula is C19H19NO5S. The minimum absolute atomic E-state index is 0.169. The van der Waals surface area contributed by atoms with Crippen LogP contribution in [0.1, 0.15) is 27.9 Å². The van der Waals surface area contributed by atoms with E-state index in [2.05, 4.69) is 4.72 Å². The molecule has 2 aromatic carbocycles. The van der Waals surface area contributed by atoms with Gasteiger partial charge in [0.25, 0.3) is 15.9 Å². The van der Waals surface area contributed by atoms with Gasteiger partial charge >= 0.3 is 0 Å². The van der Waals surface area contributed by atoms with Crippen molar-refractivity contribution in [3.8, 4) is 11.5 Å². The second-order valence-corrected chi connectivity index (χ2v) is 7.55. The maximum Gasteiger partial charge on any atom is 0.265 e.